The van der Waals surface area contributed by atoms with E-state index in [0.29, 0.717) is 0 Å². The Morgan fingerprint density at radius 2 is 1.81 bits per heavy atom. The van der Waals surface area contributed by atoms with Crippen molar-refractivity contribution < 1.29 is 4.39 Å². The van der Waals surface area contributed by atoms with E-state index in [1.165, 1.54) is 35.6 Å². The fourth-order valence-electron chi connectivity index (χ4n) is 3.10. The van der Waals surface area contributed by atoms with E-state index in [2.05, 4.69) is 30.4 Å². The maximum atomic E-state index is 13.8. The number of hydrogen-bond acceptors (Lipinski definition) is 1. The largest absolute Gasteiger partial charge is 0.307 e. The minimum Gasteiger partial charge on any atom is -0.307 e. The van der Waals surface area contributed by atoms with Gasteiger partial charge in [0, 0.05) is 0 Å². The summed E-state index contributed by atoms with van der Waals surface area (Å²) in [5.74, 6) is -0.363. The molecule has 1 unspecified atom stereocenters. The summed E-state index contributed by atoms with van der Waals surface area (Å²) in [6.45, 7) is 2.89. The van der Waals surface area contributed by atoms with Gasteiger partial charge in [0.25, 0.3) is 0 Å². The van der Waals surface area contributed by atoms with Gasteiger partial charge in [0.2, 0.25) is 0 Å². The highest BCUT2D eigenvalue weighted by Crippen LogP contribution is 2.29. The summed E-state index contributed by atoms with van der Waals surface area (Å²) in [5, 5.41) is 3.61. The number of nitrogens with one attached hydrogen (secondary N) is 1. The Bertz CT molecular complexity index is 654. The van der Waals surface area contributed by atoms with Gasteiger partial charge in [-0.1, -0.05) is 42.8 Å². The fraction of sp³-hybridized carbons (Fsp3) is 0.333. The molecule has 0 heterocycles. The molecule has 110 valence electrons. The highest BCUT2D eigenvalue weighted by atomic mass is 35.5. The van der Waals surface area contributed by atoms with Crippen LogP contribution in [0.5, 0.6) is 0 Å². The van der Waals surface area contributed by atoms with Crippen LogP contribution >= 0.6 is 11.6 Å². The van der Waals surface area contributed by atoms with Gasteiger partial charge in [0.15, 0.2) is 0 Å². The first-order chi connectivity index (χ1) is 10.2. The van der Waals surface area contributed by atoms with Crippen LogP contribution in [0, 0.1) is 5.82 Å². The fourth-order valence-corrected chi connectivity index (χ4v) is 3.21. The Morgan fingerprint density at radius 3 is 2.57 bits per heavy atom. The summed E-state index contributed by atoms with van der Waals surface area (Å²) < 4.78 is 13.8. The number of benzene rings is 2. The molecule has 0 saturated carbocycles. The predicted molar refractivity (Wildman–Crippen MR) is 85.4 cm³/mol. The number of hydrogen-bond donors (Lipinski definition) is 1. The Kier molecular flexibility index (Phi) is 4.27. The average molecular weight is 304 g/mol. The van der Waals surface area contributed by atoms with Gasteiger partial charge in [-0.3, -0.25) is 0 Å². The topological polar surface area (TPSA) is 12.0 Å². The zero-order valence-electron chi connectivity index (χ0n) is 12.1. The van der Waals surface area contributed by atoms with Gasteiger partial charge in [0.05, 0.1) is 11.1 Å². The van der Waals surface area contributed by atoms with Crippen molar-refractivity contribution in [1.82, 2.24) is 5.32 Å². The normalized spacial score (nSPS) is 15.0. The molecule has 2 aromatic carbocycles. The molecule has 0 bridgehead atoms. The maximum Gasteiger partial charge on any atom is 0.142 e. The zero-order chi connectivity index (χ0) is 14.8. The van der Waals surface area contributed by atoms with Crippen LogP contribution < -0.4 is 5.32 Å². The van der Waals surface area contributed by atoms with Crippen molar-refractivity contribution in [2.75, 3.05) is 6.54 Å². The number of fused-ring (bicyclic) bond motifs is 1. The molecule has 0 aliphatic heterocycles. The second-order valence-corrected chi connectivity index (χ2v) is 5.95. The van der Waals surface area contributed by atoms with Crippen LogP contribution in [0.4, 0.5) is 4.39 Å². The first-order valence-corrected chi connectivity index (χ1v) is 7.87. The average Bonchev–Trinajstić information content (AvgIpc) is 2.95. The Balaban J connectivity index is 1.99. The predicted octanol–water partition coefficient (Wildman–Crippen LogP) is 4.67. The summed E-state index contributed by atoms with van der Waals surface area (Å²) in [7, 11) is 0. The van der Waals surface area contributed by atoms with Gasteiger partial charge in [-0.2, -0.15) is 0 Å². The molecule has 1 aliphatic rings. The Hall–Kier alpha value is -1.38. The quantitative estimate of drug-likeness (QED) is 0.865. The molecule has 2 aromatic rings. The van der Waals surface area contributed by atoms with E-state index in [-0.39, 0.29) is 16.9 Å². The highest BCUT2D eigenvalue weighted by Gasteiger charge is 2.18. The maximum absolute atomic E-state index is 13.8. The minimum atomic E-state index is -0.363. The third-order valence-electron chi connectivity index (χ3n) is 4.14. The molecule has 1 nitrogen and oxygen atoms in total. The summed E-state index contributed by atoms with van der Waals surface area (Å²) in [5.41, 5.74) is 5.00. The molecule has 0 spiro atoms. The standard InChI is InChI=1S/C18H19ClFN/c1-2-21-18(15-8-9-16(19)17(20)11-15)14-7-6-12-4-3-5-13(12)10-14/h6-11,18,21H,2-5H2,1H3. The van der Waals surface area contributed by atoms with Crippen LogP contribution in [0.25, 0.3) is 0 Å². The van der Waals surface area contributed by atoms with Gasteiger partial charge in [-0.15, -0.1) is 0 Å². The second kappa shape index (κ2) is 6.17. The first kappa shape index (κ1) is 14.6. The molecule has 1 aliphatic carbocycles. The minimum absolute atomic E-state index is 0.00710. The zero-order valence-corrected chi connectivity index (χ0v) is 12.9. The molecule has 3 heteroatoms. The van der Waals surface area contributed by atoms with Gasteiger partial charge in [-0.25, -0.2) is 4.39 Å². The van der Waals surface area contributed by atoms with E-state index < -0.39 is 0 Å². The molecule has 0 saturated heterocycles. The number of rotatable bonds is 4. The molecule has 0 radical (unpaired) electrons. The van der Waals surface area contributed by atoms with Crippen molar-refractivity contribution in [3.8, 4) is 0 Å². The van der Waals surface area contributed by atoms with E-state index in [1.807, 2.05) is 6.07 Å². The SMILES string of the molecule is CCNC(c1ccc(Cl)c(F)c1)c1ccc2c(c1)CCC2. The first-order valence-electron chi connectivity index (χ1n) is 7.49. The third kappa shape index (κ3) is 2.97. The highest BCUT2D eigenvalue weighted by molar-refractivity contribution is 6.30. The van der Waals surface area contributed by atoms with E-state index in [0.717, 1.165) is 18.5 Å². The van der Waals surface area contributed by atoms with Crippen molar-refractivity contribution in [3.63, 3.8) is 0 Å². The molecule has 0 fully saturated rings. The summed E-state index contributed by atoms with van der Waals surface area (Å²) in [6.07, 6.45) is 3.56. The molecule has 1 atom stereocenters. The number of aryl methyl sites for hydroxylation is 2. The van der Waals surface area contributed by atoms with E-state index in [1.54, 1.807) is 6.07 Å². The summed E-state index contributed by atoms with van der Waals surface area (Å²) in [6, 6.07) is 11.7. The Morgan fingerprint density at radius 1 is 1.10 bits per heavy atom. The van der Waals surface area contributed by atoms with Crippen LogP contribution in [-0.4, -0.2) is 6.54 Å². The van der Waals surface area contributed by atoms with Crippen molar-refractivity contribution >= 4 is 11.6 Å². The van der Waals surface area contributed by atoms with Crippen molar-refractivity contribution in [1.29, 1.82) is 0 Å². The van der Waals surface area contributed by atoms with Gasteiger partial charge in [0.1, 0.15) is 5.82 Å². The molecule has 21 heavy (non-hydrogen) atoms. The lowest BCUT2D eigenvalue weighted by Crippen LogP contribution is -2.22. The van der Waals surface area contributed by atoms with Gasteiger partial charge in [-0.05, 0) is 60.2 Å². The lowest BCUT2D eigenvalue weighted by Gasteiger charge is -2.20. The molecule has 1 N–H and O–H groups in total. The van der Waals surface area contributed by atoms with E-state index >= 15 is 0 Å². The van der Waals surface area contributed by atoms with E-state index in [9.17, 15) is 4.39 Å². The van der Waals surface area contributed by atoms with Crippen LogP contribution in [-0.2, 0) is 12.8 Å². The molecule has 0 amide bonds. The lowest BCUT2D eigenvalue weighted by atomic mass is 9.95. The monoisotopic (exact) mass is 303 g/mol. The summed E-state index contributed by atoms with van der Waals surface area (Å²) in [4.78, 5) is 0. The summed E-state index contributed by atoms with van der Waals surface area (Å²) >= 11 is 5.79. The van der Waals surface area contributed by atoms with Crippen molar-refractivity contribution in [2.45, 2.75) is 32.2 Å². The van der Waals surface area contributed by atoms with Gasteiger partial charge < -0.3 is 5.32 Å². The number of halogens is 2. The van der Waals surface area contributed by atoms with Crippen molar-refractivity contribution in [3.05, 3.63) is 69.5 Å². The van der Waals surface area contributed by atoms with Crippen LogP contribution in [0.1, 0.15) is 41.6 Å². The molecule has 3 rings (SSSR count). The van der Waals surface area contributed by atoms with Crippen molar-refractivity contribution in [2.24, 2.45) is 0 Å². The smallest absolute Gasteiger partial charge is 0.142 e. The van der Waals surface area contributed by atoms with Crippen LogP contribution in [0.15, 0.2) is 36.4 Å². The molecular weight excluding hydrogens is 285 g/mol. The van der Waals surface area contributed by atoms with E-state index in [4.69, 9.17) is 11.6 Å². The Labute approximate surface area is 130 Å². The molecule has 0 aromatic heterocycles. The van der Waals surface area contributed by atoms with Crippen LogP contribution in [0.2, 0.25) is 5.02 Å². The third-order valence-corrected chi connectivity index (χ3v) is 4.45. The lowest BCUT2D eigenvalue weighted by molar-refractivity contribution is 0.603. The molecular formula is C18H19ClFN. The van der Waals surface area contributed by atoms with Gasteiger partial charge >= 0.3 is 0 Å². The second-order valence-electron chi connectivity index (χ2n) is 5.55. The van der Waals surface area contributed by atoms with Crippen LogP contribution in [0.3, 0.4) is 0 Å².